The second kappa shape index (κ2) is 5.80. The van der Waals surface area contributed by atoms with Crippen molar-refractivity contribution in [2.45, 2.75) is 32.1 Å². The molecule has 1 aliphatic rings. The molecule has 3 heteroatoms. The molecule has 3 nitrogen and oxygen atoms in total. The van der Waals surface area contributed by atoms with Gasteiger partial charge in [0.2, 0.25) is 0 Å². The number of carbonyl (C=O) groups excluding carboxylic acids is 1. The minimum absolute atomic E-state index is 0.282. The van der Waals surface area contributed by atoms with Crippen molar-refractivity contribution in [3.05, 3.63) is 36.3 Å². The smallest absolute Gasteiger partial charge is 0.131 e. The molecule has 1 aromatic carbocycles. The lowest BCUT2D eigenvalue weighted by Crippen LogP contribution is -2.34. The first-order valence-corrected chi connectivity index (χ1v) is 7.42. The SMILES string of the molecule is CC(=O)CCN1CCC(c2occ3ccccc23)CC1. The highest BCUT2D eigenvalue weighted by molar-refractivity contribution is 5.84. The fourth-order valence-electron chi connectivity index (χ4n) is 3.07. The maximum atomic E-state index is 11.0. The zero-order chi connectivity index (χ0) is 13.9. The van der Waals surface area contributed by atoms with Crippen LogP contribution in [0.4, 0.5) is 0 Å². The van der Waals surface area contributed by atoms with Crippen molar-refractivity contribution in [3.8, 4) is 0 Å². The summed E-state index contributed by atoms with van der Waals surface area (Å²) in [5, 5.41) is 2.45. The van der Waals surface area contributed by atoms with Gasteiger partial charge in [0.15, 0.2) is 0 Å². The van der Waals surface area contributed by atoms with E-state index in [1.165, 1.54) is 10.8 Å². The van der Waals surface area contributed by atoms with Gasteiger partial charge in [-0.05, 0) is 32.9 Å². The lowest BCUT2D eigenvalue weighted by atomic mass is 9.92. The average Bonchev–Trinajstić information content (AvgIpc) is 2.89. The first-order valence-electron chi connectivity index (χ1n) is 7.42. The molecular formula is C17H21NO2. The van der Waals surface area contributed by atoms with E-state index in [1.54, 1.807) is 6.92 Å². The third-order valence-corrected chi connectivity index (χ3v) is 4.28. The Morgan fingerprint density at radius 1 is 1.30 bits per heavy atom. The molecule has 0 amide bonds. The quantitative estimate of drug-likeness (QED) is 0.852. The molecule has 1 saturated heterocycles. The van der Waals surface area contributed by atoms with Crippen molar-refractivity contribution in [3.63, 3.8) is 0 Å². The Balaban J connectivity index is 1.65. The van der Waals surface area contributed by atoms with Crippen molar-refractivity contribution in [2.24, 2.45) is 0 Å². The lowest BCUT2D eigenvalue weighted by molar-refractivity contribution is -0.117. The van der Waals surface area contributed by atoms with Gasteiger partial charge in [-0.1, -0.05) is 24.3 Å². The topological polar surface area (TPSA) is 33.5 Å². The maximum absolute atomic E-state index is 11.0. The Kier molecular flexibility index (Phi) is 3.88. The molecule has 0 unspecified atom stereocenters. The third kappa shape index (κ3) is 2.78. The molecule has 0 spiro atoms. The molecule has 0 N–H and O–H groups in total. The number of rotatable bonds is 4. The molecule has 2 heterocycles. The van der Waals surface area contributed by atoms with Crippen molar-refractivity contribution < 1.29 is 9.21 Å². The van der Waals surface area contributed by atoms with Crippen molar-refractivity contribution in [1.29, 1.82) is 0 Å². The Hall–Kier alpha value is -1.61. The van der Waals surface area contributed by atoms with Crippen LogP contribution in [0.3, 0.4) is 0 Å². The summed E-state index contributed by atoms with van der Waals surface area (Å²) in [7, 11) is 0. The first-order chi connectivity index (χ1) is 9.74. The van der Waals surface area contributed by atoms with Crippen LogP contribution >= 0.6 is 0 Å². The van der Waals surface area contributed by atoms with Gasteiger partial charge in [-0.25, -0.2) is 0 Å². The summed E-state index contributed by atoms with van der Waals surface area (Å²) in [6.07, 6.45) is 4.78. The maximum Gasteiger partial charge on any atom is 0.131 e. The van der Waals surface area contributed by atoms with Gasteiger partial charge in [0, 0.05) is 29.7 Å². The van der Waals surface area contributed by atoms with Crippen LogP contribution < -0.4 is 0 Å². The Morgan fingerprint density at radius 2 is 2.05 bits per heavy atom. The molecular weight excluding hydrogens is 250 g/mol. The number of furan rings is 1. The number of ketones is 1. The predicted molar refractivity (Wildman–Crippen MR) is 79.9 cm³/mol. The van der Waals surface area contributed by atoms with Crippen LogP contribution in [0, 0.1) is 0 Å². The van der Waals surface area contributed by atoms with Crippen molar-refractivity contribution in [1.82, 2.24) is 4.90 Å². The fourth-order valence-corrected chi connectivity index (χ4v) is 3.07. The summed E-state index contributed by atoms with van der Waals surface area (Å²) < 4.78 is 5.82. The number of piperidine rings is 1. The summed E-state index contributed by atoms with van der Waals surface area (Å²) in [4.78, 5) is 13.4. The van der Waals surface area contributed by atoms with E-state index in [9.17, 15) is 4.79 Å². The minimum atomic E-state index is 0.282. The largest absolute Gasteiger partial charge is 0.468 e. The van der Waals surface area contributed by atoms with E-state index in [-0.39, 0.29) is 5.78 Å². The normalized spacial score (nSPS) is 17.6. The second-order valence-electron chi connectivity index (χ2n) is 5.76. The van der Waals surface area contributed by atoms with Gasteiger partial charge in [0.25, 0.3) is 0 Å². The standard InChI is InChI=1S/C17H21NO2/c1-13(19)6-9-18-10-7-14(8-11-18)17-16-5-3-2-4-15(16)12-20-17/h2-5,12,14H,6-11H2,1H3. The van der Waals surface area contributed by atoms with Crippen molar-refractivity contribution >= 4 is 16.6 Å². The van der Waals surface area contributed by atoms with Crippen LogP contribution in [0.15, 0.2) is 34.9 Å². The zero-order valence-corrected chi connectivity index (χ0v) is 12.0. The number of fused-ring (bicyclic) bond motifs is 1. The Labute approximate surface area is 119 Å². The van der Waals surface area contributed by atoms with Gasteiger partial charge >= 0.3 is 0 Å². The summed E-state index contributed by atoms with van der Waals surface area (Å²) >= 11 is 0. The summed E-state index contributed by atoms with van der Waals surface area (Å²) in [5.74, 6) is 1.94. The Bertz CT molecular complexity index is 594. The number of nitrogens with zero attached hydrogens (tertiary/aromatic N) is 1. The van der Waals surface area contributed by atoms with E-state index in [0.29, 0.717) is 12.3 Å². The second-order valence-corrected chi connectivity index (χ2v) is 5.76. The molecule has 1 fully saturated rings. The number of Topliss-reactive ketones (excluding diaryl/α,β-unsaturated/α-hetero) is 1. The van der Waals surface area contributed by atoms with Crippen LogP contribution in [0.2, 0.25) is 0 Å². The van der Waals surface area contributed by atoms with E-state index < -0.39 is 0 Å². The monoisotopic (exact) mass is 271 g/mol. The molecule has 0 atom stereocenters. The lowest BCUT2D eigenvalue weighted by Gasteiger charge is -2.30. The molecule has 1 aromatic heterocycles. The third-order valence-electron chi connectivity index (χ3n) is 4.28. The summed E-state index contributed by atoms with van der Waals surface area (Å²) in [6, 6.07) is 8.37. The Morgan fingerprint density at radius 3 is 2.80 bits per heavy atom. The van der Waals surface area contributed by atoms with Gasteiger partial charge in [0.1, 0.15) is 11.5 Å². The van der Waals surface area contributed by atoms with Crippen LogP contribution in [-0.4, -0.2) is 30.3 Å². The van der Waals surface area contributed by atoms with E-state index in [4.69, 9.17) is 4.42 Å². The van der Waals surface area contributed by atoms with E-state index in [1.807, 2.05) is 12.3 Å². The minimum Gasteiger partial charge on any atom is -0.468 e. The number of carbonyl (C=O) groups is 1. The van der Waals surface area contributed by atoms with Crippen LogP contribution in [-0.2, 0) is 4.79 Å². The van der Waals surface area contributed by atoms with Gasteiger partial charge in [-0.15, -0.1) is 0 Å². The van der Waals surface area contributed by atoms with Gasteiger partial charge in [-0.2, -0.15) is 0 Å². The number of likely N-dealkylation sites (tertiary alicyclic amines) is 1. The summed E-state index contributed by atoms with van der Waals surface area (Å²) in [6.45, 7) is 4.70. The van der Waals surface area contributed by atoms with E-state index in [2.05, 4.69) is 23.1 Å². The number of hydrogen-bond acceptors (Lipinski definition) is 3. The van der Waals surface area contributed by atoms with Crippen LogP contribution in [0.25, 0.3) is 10.8 Å². The van der Waals surface area contributed by atoms with E-state index >= 15 is 0 Å². The molecule has 2 aromatic rings. The molecule has 1 aliphatic heterocycles. The van der Waals surface area contributed by atoms with Crippen LogP contribution in [0.1, 0.15) is 37.9 Å². The molecule has 20 heavy (non-hydrogen) atoms. The number of benzene rings is 1. The molecule has 106 valence electrons. The fraction of sp³-hybridized carbons (Fsp3) is 0.471. The van der Waals surface area contributed by atoms with E-state index in [0.717, 1.165) is 38.2 Å². The molecule has 0 saturated carbocycles. The average molecular weight is 271 g/mol. The first kappa shape index (κ1) is 13.4. The zero-order valence-electron chi connectivity index (χ0n) is 12.0. The molecule has 0 aliphatic carbocycles. The van der Waals surface area contributed by atoms with Crippen molar-refractivity contribution in [2.75, 3.05) is 19.6 Å². The predicted octanol–water partition coefficient (Wildman–Crippen LogP) is 3.59. The molecule has 3 rings (SSSR count). The summed E-state index contributed by atoms with van der Waals surface area (Å²) in [5.41, 5.74) is 0. The highest BCUT2D eigenvalue weighted by atomic mass is 16.3. The highest BCUT2D eigenvalue weighted by Crippen LogP contribution is 2.34. The van der Waals surface area contributed by atoms with Gasteiger partial charge in [0.05, 0.1) is 6.26 Å². The molecule has 0 radical (unpaired) electrons. The number of hydrogen-bond donors (Lipinski definition) is 0. The van der Waals surface area contributed by atoms with Crippen LogP contribution in [0.5, 0.6) is 0 Å². The molecule has 0 bridgehead atoms. The van der Waals surface area contributed by atoms with Gasteiger partial charge in [-0.3, -0.25) is 4.79 Å². The van der Waals surface area contributed by atoms with Gasteiger partial charge < -0.3 is 9.32 Å². The highest BCUT2D eigenvalue weighted by Gasteiger charge is 2.24.